The molecular weight excluding hydrogens is 498 g/mol. The third kappa shape index (κ3) is 7.57. The first-order valence-electron chi connectivity index (χ1n) is 8.59. The number of carboxylic acids is 1. The first-order valence-corrected chi connectivity index (χ1v) is 8.59. The molecule has 1 aliphatic heterocycles. The van der Waals surface area contributed by atoms with Crippen molar-refractivity contribution in [3.8, 4) is 0 Å². The van der Waals surface area contributed by atoms with Crippen LogP contribution in [0.2, 0.25) is 0 Å². The van der Waals surface area contributed by atoms with Gasteiger partial charge in [-0.05, 0) is 38.5 Å². The van der Waals surface area contributed by atoms with Crippen molar-refractivity contribution in [2.75, 3.05) is 6.61 Å². The van der Waals surface area contributed by atoms with Crippen LogP contribution in [0.15, 0.2) is 12.2 Å². The van der Waals surface area contributed by atoms with Gasteiger partial charge in [0, 0.05) is 26.0 Å². The van der Waals surface area contributed by atoms with Gasteiger partial charge < -0.3 is 26.1 Å². The summed E-state index contributed by atoms with van der Waals surface area (Å²) in [6.07, 6.45) is 7.78. The second kappa shape index (κ2) is 10.4. The van der Waals surface area contributed by atoms with Crippen molar-refractivity contribution >= 4 is 11.9 Å². The Balaban J connectivity index is 0.000000390. The number of aliphatic carboxylic acids is 1. The molecule has 7 heteroatoms. The molecule has 0 bridgehead atoms. The minimum absolute atomic E-state index is 0. The van der Waals surface area contributed by atoms with Gasteiger partial charge in [-0.2, -0.15) is 6.42 Å². The molecule has 5 atom stereocenters. The number of hydrogen-bond donors (Lipinski definition) is 2. The fourth-order valence-corrected chi connectivity index (χ4v) is 3.08. The molecule has 3 rings (SSSR count). The molecule has 1 heterocycles. The predicted octanol–water partition coefficient (Wildman–Crippen LogP) is 2.11. The van der Waals surface area contributed by atoms with Crippen molar-refractivity contribution in [1.82, 2.24) is 0 Å². The van der Waals surface area contributed by atoms with Crippen LogP contribution in [-0.2, 0) is 39.5 Å². The van der Waals surface area contributed by atoms with E-state index in [0.29, 0.717) is 24.7 Å². The number of carbonyl (C=O) groups is 2. The minimum Gasteiger partial charge on any atom is -0.478 e. The van der Waals surface area contributed by atoms with E-state index < -0.39 is 5.97 Å². The molecule has 3 fully saturated rings. The maximum absolute atomic E-state index is 11.9. The number of ether oxygens (including phenoxy) is 2. The monoisotopic (exact) mass is 526 g/mol. The van der Waals surface area contributed by atoms with Gasteiger partial charge in [0.2, 0.25) is 0 Å². The van der Waals surface area contributed by atoms with Gasteiger partial charge in [0.1, 0.15) is 0 Å². The molecule has 25 heavy (non-hydrogen) atoms. The maximum Gasteiger partial charge on any atom is 0.330 e. The van der Waals surface area contributed by atoms with Gasteiger partial charge in [-0.25, -0.2) is 4.79 Å². The van der Waals surface area contributed by atoms with Crippen molar-refractivity contribution in [3.05, 3.63) is 18.6 Å². The molecule has 0 aromatic carbocycles. The van der Waals surface area contributed by atoms with E-state index in [4.69, 9.17) is 14.6 Å². The third-order valence-electron chi connectivity index (χ3n) is 4.78. The van der Waals surface area contributed by atoms with Crippen LogP contribution in [-0.4, -0.2) is 47.1 Å². The number of carboxylic acid groups (broad SMARTS) is 1. The van der Waals surface area contributed by atoms with E-state index in [9.17, 15) is 14.7 Å². The molecule has 1 saturated heterocycles. The van der Waals surface area contributed by atoms with E-state index in [1.165, 1.54) is 6.92 Å². The van der Waals surface area contributed by atoms with Crippen LogP contribution < -0.4 is 0 Å². The van der Waals surface area contributed by atoms with Crippen LogP contribution in [0.1, 0.15) is 45.4 Å². The molecule has 0 amide bonds. The molecule has 0 aromatic heterocycles. The molecule has 0 spiro atoms. The Hall–Kier alpha value is -0.738. The number of hydrogen-bond acceptors (Lipinski definition) is 5. The Kier molecular flexibility index (Phi) is 9.30. The van der Waals surface area contributed by atoms with E-state index in [1.54, 1.807) is 0 Å². The zero-order valence-corrected chi connectivity index (χ0v) is 17.2. The van der Waals surface area contributed by atoms with Gasteiger partial charge in [0.05, 0.1) is 24.7 Å². The van der Waals surface area contributed by atoms with Gasteiger partial charge in [0.15, 0.2) is 0 Å². The molecular formula is C18H27O6Re-. The van der Waals surface area contributed by atoms with Crippen LogP contribution >= 0.6 is 0 Å². The Bertz CT molecular complexity index is 460. The quantitative estimate of drug-likeness (QED) is 0.253. The van der Waals surface area contributed by atoms with Crippen molar-refractivity contribution in [2.45, 2.75) is 63.8 Å². The standard InChI is InChI=1S/C14H21O4.C4H6O2.Re/c15-11-4-1-9(2-5-11)8-17-14(16)10-3-6-12-13(7-10)18-12;1-3(2)4(5)6;/h4,9-13,15H,1-3,5-8H2;1H2,2H3,(H,5,6);/q-1;;. The Morgan fingerprint density at radius 3 is 2.44 bits per heavy atom. The van der Waals surface area contributed by atoms with Gasteiger partial charge in [-0.3, -0.25) is 4.79 Å². The van der Waals surface area contributed by atoms with Gasteiger partial charge in [-0.15, -0.1) is 0 Å². The third-order valence-corrected chi connectivity index (χ3v) is 4.78. The fourth-order valence-electron chi connectivity index (χ4n) is 3.08. The van der Waals surface area contributed by atoms with Crippen molar-refractivity contribution in [2.24, 2.45) is 11.8 Å². The number of aliphatic hydroxyl groups is 1. The largest absolute Gasteiger partial charge is 0.478 e. The van der Waals surface area contributed by atoms with Crippen molar-refractivity contribution in [3.63, 3.8) is 0 Å². The average molecular weight is 526 g/mol. The van der Waals surface area contributed by atoms with Crippen LogP contribution in [0.25, 0.3) is 0 Å². The molecule has 2 N–H and O–H groups in total. The number of epoxide rings is 1. The smallest absolute Gasteiger partial charge is 0.330 e. The van der Waals surface area contributed by atoms with Crippen LogP contribution in [0.4, 0.5) is 0 Å². The second-order valence-electron chi connectivity index (χ2n) is 6.92. The van der Waals surface area contributed by atoms with Crippen molar-refractivity contribution in [1.29, 1.82) is 0 Å². The number of carbonyl (C=O) groups excluding carboxylic acids is 1. The average Bonchev–Trinajstić information content (AvgIpc) is 3.33. The van der Waals surface area contributed by atoms with Crippen LogP contribution in [0.5, 0.6) is 0 Å². The normalized spacial score (nSPS) is 32.8. The van der Waals surface area contributed by atoms with E-state index in [2.05, 4.69) is 6.58 Å². The summed E-state index contributed by atoms with van der Waals surface area (Å²) in [5.41, 5.74) is 0.176. The molecule has 6 nitrogen and oxygen atoms in total. The summed E-state index contributed by atoms with van der Waals surface area (Å²) < 4.78 is 10.9. The summed E-state index contributed by atoms with van der Waals surface area (Å²) in [7, 11) is 0. The number of rotatable bonds is 4. The Morgan fingerprint density at radius 2 is 1.92 bits per heavy atom. The number of fused-ring (bicyclic) bond motifs is 1. The molecule has 0 aromatic rings. The van der Waals surface area contributed by atoms with E-state index >= 15 is 0 Å². The molecule has 3 aliphatic rings. The van der Waals surface area contributed by atoms with Gasteiger partial charge in [0.25, 0.3) is 0 Å². The number of esters is 1. The fraction of sp³-hybridized carbons (Fsp3) is 0.722. The predicted molar refractivity (Wildman–Crippen MR) is 87.1 cm³/mol. The summed E-state index contributed by atoms with van der Waals surface area (Å²) >= 11 is 0. The van der Waals surface area contributed by atoms with Gasteiger partial charge in [-0.1, -0.05) is 19.1 Å². The minimum atomic E-state index is -0.935. The zero-order valence-electron chi connectivity index (χ0n) is 14.5. The SMILES string of the molecule is C=C(C)C(=O)O.O=C(OCC1C[CH-]C(O)CC1)C1CCC2OC2C1.[Re]. The molecule has 143 valence electrons. The summed E-state index contributed by atoms with van der Waals surface area (Å²) in [6, 6.07) is 0. The van der Waals surface area contributed by atoms with Crippen LogP contribution in [0.3, 0.4) is 0 Å². The summed E-state index contributed by atoms with van der Waals surface area (Å²) in [4.78, 5) is 21.5. The number of aliphatic hydroxyl groups excluding tert-OH is 1. The van der Waals surface area contributed by atoms with Crippen LogP contribution in [0, 0.1) is 18.3 Å². The Morgan fingerprint density at radius 1 is 1.24 bits per heavy atom. The Labute approximate surface area is 162 Å². The van der Waals surface area contributed by atoms with Crippen molar-refractivity contribution < 1.29 is 49.7 Å². The first kappa shape index (κ1) is 22.3. The summed E-state index contributed by atoms with van der Waals surface area (Å²) in [5.74, 6) is -0.539. The first-order chi connectivity index (χ1) is 11.4. The maximum atomic E-state index is 11.9. The second-order valence-corrected chi connectivity index (χ2v) is 6.92. The van der Waals surface area contributed by atoms with E-state index in [1.807, 2.05) is 6.42 Å². The van der Waals surface area contributed by atoms with E-state index in [0.717, 1.165) is 38.5 Å². The van der Waals surface area contributed by atoms with E-state index in [-0.39, 0.29) is 44.0 Å². The molecule has 2 aliphatic carbocycles. The van der Waals surface area contributed by atoms with Gasteiger partial charge >= 0.3 is 11.9 Å². The summed E-state index contributed by atoms with van der Waals surface area (Å²) in [5, 5.41) is 17.3. The molecule has 2 saturated carbocycles. The topological polar surface area (TPSA) is 96.4 Å². The molecule has 1 radical (unpaired) electrons. The zero-order chi connectivity index (χ0) is 17.7. The summed E-state index contributed by atoms with van der Waals surface area (Å²) in [6.45, 7) is 5.11. The molecule has 5 unspecified atom stereocenters.